The van der Waals surface area contributed by atoms with Gasteiger partial charge in [0.1, 0.15) is 5.25 Å². The van der Waals surface area contributed by atoms with E-state index in [9.17, 15) is 4.79 Å². The minimum absolute atomic E-state index is 0.0421. The van der Waals surface area contributed by atoms with Crippen LogP contribution in [0.1, 0.15) is 56.9 Å². The van der Waals surface area contributed by atoms with Gasteiger partial charge in [-0.2, -0.15) is 0 Å². The minimum atomic E-state index is -0.354. The number of carbonyl (C=O) groups is 1. The zero-order valence-electron chi connectivity index (χ0n) is 18.6. The number of nitrogens with one attached hydrogen (secondary N) is 1. The van der Waals surface area contributed by atoms with E-state index in [0.29, 0.717) is 6.04 Å². The van der Waals surface area contributed by atoms with Crippen molar-refractivity contribution < 1.29 is 4.79 Å². The predicted molar refractivity (Wildman–Crippen MR) is 126 cm³/mol. The summed E-state index contributed by atoms with van der Waals surface area (Å²) in [7, 11) is 0. The summed E-state index contributed by atoms with van der Waals surface area (Å²) in [5.41, 5.74) is 3.41. The van der Waals surface area contributed by atoms with Crippen LogP contribution in [0, 0.1) is 0 Å². The Morgan fingerprint density at radius 3 is 2.35 bits per heavy atom. The largest absolute Gasteiger partial charge is 0.352 e. The molecule has 2 aromatic carbocycles. The minimum Gasteiger partial charge on any atom is -0.352 e. The molecular weight excluding hydrogens is 404 g/mol. The number of benzene rings is 2. The Hall–Kier alpha value is -2.60. The van der Waals surface area contributed by atoms with Gasteiger partial charge < -0.3 is 9.88 Å². The van der Waals surface area contributed by atoms with E-state index in [0.717, 1.165) is 41.5 Å². The van der Waals surface area contributed by atoms with Gasteiger partial charge in [0.05, 0.1) is 0 Å². The van der Waals surface area contributed by atoms with Crippen LogP contribution in [-0.4, -0.2) is 26.7 Å². The summed E-state index contributed by atoms with van der Waals surface area (Å²) in [5.74, 6) is 0.875. The third-order valence-corrected chi connectivity index (χ3v) is 6.76. The van der Waals surface area contributed by atoms with Gasteiger partial charge in [0.25, 0.3) is 0 Å². The normalized spacial score (nSPS) is 15.0. The summed E-state index contributed by atoms with van der Waals surface area (Å²) in [5, 5.41) is 12.5. The van der Waals surface area contributed by atoms with E-state index in [1.165, 1.54) is 17.3 Å². The monoisotopic (exact) mass is 434 g/mol. The lowest BCUT2D eigenvalue weighted by Gasteiger charge is -2.19. The van der Waals surface area contributed by atoms with Gasteiger partial charge in [0.2, 0.25) is 5.91 Å². The van der Waals surface area contributed by atoms with Gasteiger partial charge in [-0.1, -0.05) is 87.1 Å². The molecule has 0 aliphatic heterocycles. The van der Waals surface area contributed by atoms with Crippen molar-refractivity contribution in [2.75, 3.05) is 0 Å². The van der Waals surface area contributed by atoms with E-state index < -0.39 is 0 Å². The lowest BCUT2D eigenvalue weighted by Crippen LogP contribution is -2.30. The molecule has 0 radical (unpaired) electrons. The Morgan fingerprint density at radius 2 is 1.77 bits per heavy atom. The molecule has 1 atom stereocenters. The number of aromatic nitrogens is 3. The summed E-state index contributed by atoms with van der Waals surface area (Å²) in [6, 6.07) is 18.8. The fourth-order valence-electron chi connectivity index (χ4n) is 3.50. The van der Waals surface area contributed by atoms with Gasteiger partial charge in [-0.3, -0.25) is 4.79 Å². The van der Waals surface area contributed by atoms with Gasteiger partial charge in [-0.05, 0) is 36.3 Å². The Labute approximate surface area is 188 Å². The van der Waals surface area contributed by atoms with Crippen molar-refractivity contribution in [1.29, 1.82) is 0 Å². The number of thioether (sulfide) groups is 1. The molecule has 1 amide bonds. The standard InChI is InChI=1S/C25H30N4OS/c1-5-29-22(18-11-13-19(14-12-18)25(2,3)4)27-28-24(29)31-21(17-9-7-6-8-10-17)23(30)26-20-15-16-20/h6-14,20-21H,5,15-16H2,1-4H3,(H,26,30). The van der Waals surface area contributed by atoms with Crippen molar-refractivity contribution in [3.8, 4) is 11.4 Å². The molecule has 162 valence electrons. The molecule has 0 saturated heterocycles. The summed E-state index contributed by atoms with van der Waals surface area (Å²) < 4.78 is 2.09. The maximum Gasteiger partial charge on any atom is 0.238 e. The van der Waals surface area contributed by atoms with E-state index >= 15 is 0 Å². The average molecular weight is 435 g/mol. The van der Waals surface area contributed by atoms with Gasteiger partial charge >= 0.3 is 0 Å². The van der Waals surface area contributed by atoms with Crippen LogP contribution in [0.5, 0.6) is 0 Å². The van der Waals surface area contributed by atoms with Crippen LogP contribution < -0.4 is 5.32 Å². The van der Waals surface area contributed by atoms with Crippen LogP contribution in [0.4, 0.5) is 0 Å². The molecule has 1 heterocycles. The Kier molecular flexibility index (Phi) is 6.19. The number of amides is 1. The quantitative estimate of drug-likeness (QED) is 0.508. The van der Waals surface area contributed by atoms with E-state index in [2.05, 4.69) is 72.0 Å². The fourth-order valence-corrected chi connectivity index (χ4v) is 4.61. The van der Waals surface area contributed by atoms with Gasteiger partial charge in [-0.15, -0.1) is 10.2 Å². The molecule has 4 rings (SSSR count). The average Bonchev–Trinajstić information content (AvgIpc) is 3.48. The first-order valence-corrected chi connectivity index (χ1v) is 11.8. The van der Waals surface area contributed by atoms with Crippen molar-refractivity contribution in [2.45, 2.75) is 68.9 Å². The smallest absolute Gasteiger partial charge is 0.238 e. The zero-order valence-corrected chi connectivity index (χ0v) is 19.4. The summed E-state index contributed by atoms with van der Waals surface area (Å²) >= 11 is 1.47. The highest BCUT2D eigenvalue weighted by Gasteiger charge is 2.30. The van der Waals surface area contributed by atoms with Gasteiger partial charge in [0, 0.05) is 18.2 Å². The highest BCUT2D eigenvalue weighted by Crippen LogP contribution is 2.37. The second kappa shape index (κ2) is 8.87. The molecule has 3 aromatic rings. The number of hydrogen-bond acceptors (Lipinski definition) is 4. The zero-order chi connectivity index (χ0) is 22.0. The molecule has 1 aliphatic carbocycles. The first-order chi connectivity index (χ1) is 14.9. The third-order valence-electron chi connectivity index (χ3n) is 5.53. The van der Waals surface area contributed by atoms with Gasteiger partial charge in [-0.25, -0.2) is 0 Å². The summed E-state index contributed by atoms with van der Waals surface area (Å²) in [4.78, 5) is 13.0. The number of carbonyl (C=O) groups excluding carboxylic acids is 1. The molecular formula is C25H30N4OS. The van der Waals surface area contributed by atoms with E-state index in [1.807, 2.05) is 30.3 Å². The Bertz CT molecular complexity index is 1030. The van der Waals surface area contributed by atoms with Crippen molar-refractivity contribution in [1.82, 2.24) is 20.1 Å². The van der Waals surface area contributed by atoms with Crippen molar-refractivity contribution in [3.63, 3.8) is 0 Å². The molecule has 1 N–H and O–H groups in total. The lowest BCUT2D eigenvalue weighted by molar-refractivity contribution is -0.120. The van der Waals surface area contributed by atoms with Crippen LogP contribution in [-0.2, 0) is 16.8 Å². The number of rotatable bonds is 7. The highest BCUT2D eigenvalue weighted by molar-refractivity contribution is 8.00. The highest BCUT2D eigenvalue weighted by atomic mass is 32.2. The Balaban J connectivity index is 1.63. The molecule has 6 heteroatoms. The molecule has 1 fully saturated rings. The van der Waals surface area contributed by atoms with Crippen molar-refractivity contribution in [3.05, 3.63) is 65.7 Å². The van der Waals surface area contributed by atoms with Crippen molar-refractivity contribution in [2.24, 2.45) is 0 Å². The first-order valence-electron chi connectivity index (χ1n) is 10.9. The molecule has 1 aliphatic rings. The van der Waals surface area contributed by atoms with Crippen LogP contribution in [0.2, 0.25) is 0 Å². The van der Waals surface area contributed by atoms with E-state index in [1.54, 1.807) is 0 Å². The molecule has 1 unspecified atom stereocenters. The molecule has 31 heavy (non-hydrogen) atoms. The van der Waals surface area contributed by atoms with E-state index in [4.69, 9.17) is 0 Å². The third kappa shape index (κ3) is 5.01. The molecule has 1 aromatic heterocycles. The van der Waals surface area contributed by atoms with E-state index in [-0.39, 0.29) is 16.6 Å². The van der Waals surface area contributed by atoms with Gasteiger partial charge in [0.15, 0.2) is 11.0 Å². The van der Waals surface area contributed by atoms with Crippen LogP contribution in [0.25, 0.3) is 11.4 Å². The number of hydrogen-bond donors (Lipinski definition) is 1. The summed E-state index contributed by atoms with van der Waals surface area (Å²) in [6.07, 6.45) is 2.13. The molecule has 1 saturated carbocycles. The topological polar surface area (TPSA) is 59.8 Å². The predicted octanol–water partition coefficient (Wildman–Crippen LogP) is 5.37. The SMILES string of the molecule is CCn1c(SC(C(=O)NC2CC2)c2ccccc2)nnc1-c1ccc(C(C)(C)C)cc1. The molecule has 5 nitrogen and oxygen atoms in total. The molecule has 0 bridgehead atoms. The lowest BCUT2D eigenvalue weighted by atomic mass is 9.87. The summed E-state index contributed by atoms with van der Waals surface area (Å²) in [6.45, 7) is 9.45. The first kappa shape index (κ1) is 21.6. The fraction of sp³-hybridized carbons (Fsp3) is 0.400. The molecule has 0 spiro atoms. The maximum absolute atomic E-state index is 13.0. The maximum atomic E-state index is 13.0. The Morgan fingerprint density at radius 1 is 1.10 bits per heavy atom. The van der Waals surface area contributed by atoms with Crippen molar-refractivity contribution >= 4 is 17.7 Å². The van der Waals surface area contributed by atoms with Crippen LogP contribution in [0.15, 0.2) is 59.8 Å². The second-order valence-corrected chi connectivity index (χ2v) is 10.1. The second-order valence-electron chi connectivity index (χ2n) is 9.07. The number of nitrogens with zero attached hydrogens (tertiary/aromatic N) is 3. The van der Waals surface area contributed by atoms with Crippen LogP contribution in [0.3, 0.4) is 0 Å². The van der Waals surface area contributed by atoms with Crippen LogP contribution >= 0.6 is 11.8 Å².